The molecule has 8 nitrogen and oxygen atoms in total. The maximum absolute atomic E-state index is 14.4. The molecule has 1 aliphatic heterocycles. The van der Waals surface area contributed by atoms with Gasteiger partial charge in [-0.15, -0.1) is 0 Å². The summed E-state index contributed by atoms with van der Waals surface area (Å²) in [6.07, 6.45) is 1.73. The minimum Gasteiger partial charge on any atom is -0.486 e. The summed E-state index contributed by atoms with van der Waals surface area (Å²) in [6.45, 7) is 2.32. The van der Waals surface area contributed by atoms with Gasteiger partial charge in [0.25, 0.3) is 5.91 Å². The Morgan fingerprint density at radius 3 is 2.63 bits per heavy atom. The molecular weight excluding hydrogens is 449 g/mol. The molecule has 0 fully saturated rings. The summed E-state index contributed by atoms with van der Waals surface area (Å²) in [5.41, 5.74) is 1.94. The molecule has 9 heteroatoms. The second-order valence-corrected chi connectivity index (χ2v) is 8.41. The Balaban J connectivity index is 1.47. The average Bonchev–Trinajstić information content (AvgIpc) is 2.99. The van der Waals surface area contributed by atoms with Crippen molar-refractivity contribution in [2.75, 3.05) is 45.7 Å². The molecule has 0 radical (unpaired) electrons. The highest BCUT2D eigenvalue weighted by Crippen LogP contribution is 2.28. The second kappa shape index (κ2) is 11.1. The van der Waals surface area contributed by atoms with Gasteiger partial charge in [0, 0.05) is 44.9 Å². The number of nitrogens with one attached hydrogen (secondary N) is 1. The van der Waals surface area contributed by atoms with Crippen LogP contribution in [-0.4, -0.2) is 61.6 Å². The Kier molecular flexibility index (Phi) is 7.77. The van der Waals surface area contributed by atoms with Gasteiger partial charge in [0.1, 0.15) is 29.1 Å². The monoisotopic (exact) mass is 479 g/mol. The first-order valence-electron chi connectivity index (χ1n) is 11.6. The zero-order chi connectivity index (χ0) is 24.8. The van der Waals surface area contributed by atoms with Crippen molar-refractivity contribution < 1.29 is 18.7 Å². The Hall–Kier alpha value is -3.72. The topological polar surface area (TPSA) is 79.8 Å². The molecule has 1 atom stereocenters. The summed E-state index contributed by atoms with van der Waals surface area (Å²) in [7, 11) is 5.25. The van der Waals surface area contributed by atoms with E-state index in [4.69, 9.17) is 9.47 Å². The van der Waals surface area contributed by atoms with Gasteiger partial charge in [-0.25, -0.2) is 9.37 Å². The lowest BCUT2D eigenvalue weighted by atomic mass is 10.1. The Morgan fingerprint density at radius 1 is 1.14 bits per heavy atom. The van der Waals surface area contributed by atoms with Gasteiger partial charge in [-0.1, -0.05) is 30.3 Å². The molecule has 1 N–H and O–H groups in total. The highest BCUT2D eigenvalue weighted by Gasteiger charge is 2.27. The number of ether oxygens (including phenoxy) is 2. The van der Waals surface area contributed by atoms with Gasteiger partial charge in [0.15, 0.2) is 0 Å². The summed E-state index contributed by atoms with van der Waals surface area (Å²) in [5.74, 6) is 0.801. The first-order chi connectivity index (χ1) is 17.0. The van der Waals surface area contributed by atoms with Crippen molar-refractivity contribution >= 4 is 11.7 Å². The van der Waals surface area contributed by atoms with E-state index < -0.39 is 6.10 Å². The van der Waals surface area contributed by atoms with Crippen LogP contribution < -0.4 is 19.7 Å². The number of aromatic nitrogens is 2. The Bertz CT molecular complexity index is 1160. The number of methoxy groups -OCH3 is 1. The molecule has 3 aromatic rings. The molecule has 1 unspecified atom stereocenters. The van der Waals surface area contributed by atoms with Gasteiger partial charge in [-0.05, 0) is 37.4 Å². The number of hydrogen-bond donors (Lipinski definition) is 1. The van der Waals surface area contributed by atoms with Gasteiger partial charge in [0.2, 0.25) is 0 Å². The Labute approximate surface area is 204 Å². The molecule has 1 aliphatic rings. The van der Waals surface area contributed by atoms with Gasteiger partial charge in [0.05, 0.1) is 7.11 Å². The molecule has 184 valence electrons. The molecule has 0 saturated heterocycles. The van der Waals surface area contributed by atoms with Crippen LogP contribution in [0.4, 0.5) is 10.2 Å². The molecule has 1 amide bonds. The summed E-state index contributed by atoms with van der Waals surface area (Å²) >= 11 is 0. The Morgan fingerprint density at radius 2 is 1.91 bits per heavy atom. The number of rotatable bonds is 9. The number of carbonyl (C=O) groups excluding carboxylic acids is 1. The quantitative estimate of drug-likeness (QED) is 0.504. The zero-order valence-corrected chi connectivity index (χ0v) is 20.2. The first-order valence-corrected chi connectivity index (χ1v) is 11.6. The molecular formula is C26H30FN5O3. The summed E-state index contributed by atoms with van der Waals surface area (Å²) in [6, 6.07) is 14.5. The normalized spacial score (nSPS) is 14.3. The minimum atomic E-state index is -0.411. The molecule has 1 aromatic heterocycles. The SMILES string of the molecule is CNCCC(Oc1ccc(CN2CCN(C)c3nc(OC)ncc3C2=O)cc1)c1ccccc1F. The van der Waals surface area contributed by atoms with Crippen LogP contribution >= 0.6 is 0 Å². The van der Waals surface area contributed by atoms with E-state index in [0.29, 0.717) is 55.3 Å². The predicted molar refractivity (Wildman–Crippen MR) is 131 cm³/mol. The molecule has 2 heterocycles. The maximum Gasteiger partial charge on any atom is 0.318 e. The molecule has 35 heavy (non-hydrogen) atoms. The number of likely N-dealkylation sites (N-methyl/N-ethyl adjacent to an activating group) is 1. The van der Waals surface area contributed by atoms with E-state index in [9.17, 15) is 9.18 Å². The summed E-state index contributed by atoms with van der Waals surface area (Å²) in [4.78, 5) is 25.4. The van der Waals surface area contributed by atoms with Gasteiger partial charge < -0.3 is 24.6 Å². The highest BCUT2D eigenvalue weighted by atomic mass is 19.1. The van der Waals surface area contributed by atoms with E-state index >= 15 is 0 Å². The number of carbonyl (C=O) groups is 1. The van der Waals surface area contributed by atoms with Crippen molar-refractivity contribution in [3.8, 4) is 11.8 Å². The van der Waals surface area contributed by atoms with E-state index in [-0.39, 0.29) is 17.7 Å². The molecule has 0 bridgehead atoms. The molecule has 2 aromatic carbocycles. The van der Waals surface area contributed by atoms with E-state index in [1.54, 1.807) is 17.0 Å². The number of hydrogen-bond acceptors (Lipinski definition) is 7. The lowest BCUT2D eigenvalue weighted by Gasteiger charge is -2.22. The molecule has 0 saturated carbocycles. The largest absolute Gasteiger partial charge is 0.486 e. The summed E-state index contributed by atoms with van der Waals surface area (Å²) < 4.78 is 25.7. The number of amides is 1. The van der Waals surface area contributed by atoms with Gasteiger partial charge in [-0.3, -0.25) is 4.79 Å². The lowest BCUT2D eigenvalue weighted by Crippen LogP contribution is -2.33. The second-order valence-electron chi connectivity index (χ2n) is 8.41. The third-order valence-corrected chi connectivity index (χ3v) is 6.00. The smallest absolute Gasteiger partial charge is 0.318 e. The maximum atomic E-state index is 14.4. The van der Waals surface area contributed by atoms with Crippen molar-refractivity contribution in [1.29, 1.82) is 0 Å². The number of halogens is 1. The number of benzene rings is 2. The van der Waals surface area contributed by atoms with E-state index in [0.717, 1.165) is 5.56 Å². The van der Waals surface area contributed by atoms with E-state index in [1.807, 2.05) is 49.3 Å². The van der Waals surface area contributed by atoms with Crippen molar-refractivity contribution in [1.82, 2.24) is 20.2 Å². The number of nitrogens with zero attached hydrogens (tertiary/aromatic N) is 4. The standard InChI is InChI=1S/C26H30FN5O3/c1-28-13-12-23(20-6-4-5-7-22(20)27)35-19-10-8-18(9-11-19)17-32-15-14-31(2)24-21(25(32)33)16-29-26(30-24)34-3/h4-11,16,23,28H,12-15,17H2,1-3H3. The van der Waals surface area contributed by atoms with Crippen LogP contribution in [0.2, 0.25) is 0 Å². The zero-order valence-electron chi connectivity index (χ0n) is 20.2. The van der Waals surface area contributed by atoms with Crippen LogP contribution in [0.5, 0.6) is 11.8 Å². The van der Waals surface area contributed by atoms with Crippen LogP contribution in [0.3, 0.4) is 0 Å². The average molecular weight is 480 g/mol. The highest BCUT2D eigenvalue weighted by molar-refractivity contribution is 5.99. The van der Waals surface area contributed by atoms with Crippen molar-refractivity contribution in [2.45, 2.75) is 19.1 Å². The minimum absolute atomic E-state index is 0.126. The van der Waals surface area contributed by atoms with E-state index in [2.05, 4.69) is 15.3 Å². The fourth-order valence-corrected chi connectivity index (χ4v) is 4.04. The van der Waals surface area contributed by atoms with Gasteiger partial charge in [-0.2, -0.15) is 4.98 Å². The number of anilines is 1. The number of fused-ring (bicyclic) bond motifs is 1. The van der Waals surface area contributed by atoms with Crippen LogP contribution in [0, 0.1) is 5.82 Å². The molecule has 0 spiro atoms. The predicted octanol–water partition coefficient (Wildman–Crippen LogP) is 3.45. The van der Waals surface area contributed by atoms with Crippen molar-refractivity contribution in [3.05, 3.63) is 77.2 Å². The summed E-state index contributed by atoms with van der Waals surface area (Å²) in [5, 5.41) is 3.09. The third-order valence-electron chi connectivity index (χ3n) is 6.00. The lowest BCUT2D eigenvalue weighted by molar-refractivity contribution is 0.0754. The van der Waals surface area contributed by atoms with Crippen LogP contribution in [0.15, 0.2) is 54.7 Å². The van der Waals surface area contributed by atoms with Crippen LogP contribution in [-0.2, 0) is 6.54 Å². The molecule has 0 aliphatic carbocycles. The first kappa shape index (κ1) is 24.4. The van der Waals surface area contributed by atoms with E-state index in [1.165, 1.54) is 19.4 Å². The van der Waals surface area contributed by atoms with Crippen LogP contribution in [0.25, 0.3) is 0 Å². The van der Waals surface area contributed by atoms with Crippen molar-refractivity contribution in [3.63, 3.8) is 0 Å². The van der Waals surface area contributed by atoms with Crippen molar-refractivity contribution in [2.24, 2.45) is 0 Å². The fraction of sp³-hybridized carbons (Fsp3) is 0.346. The van der Waals surface area contributed by atoms with Crippen LogP contribution in [0.1, 0.15) is 34.0 Å². The third kappa shape index (κ3) is 5.68. The fourth-order valence-electron chi connectivity index (χ4n) is 4.04. The molecule has 4 rings (SSSR count). The van der Waals surface area contributed by atoms with Gasteiger partial charge >= 0.3 is 6.01 Å².